The number of likely N-dealkylation sites (tertiary alicyclic amines) is 1. The Bertz CT molecular complexity index is 361. The quantitative estimate of drug-likeness (QED) is 0.811. The summed E-state index contributed by atoms with van der Waals surface area (Å²) in [6.07, 6.45) is 7.24. The second-order valence-corrected chi connectivity index (χ2v) is 6.01. The van der Waals surface area contributed by atoms with Crippen molar-refractivity contribution in [3.63, 3.8) is 0 Å². The van der Waals surface area contributed by atoms with E-state index in [1.807, 2.05) is 0 Å². The minimum Gasteiger partial charge on any atom is -0.297 e. The lowest BCUT2D eigenvalue weighted by atomic mass is 9.85. The van der Waals surface area contributed by atoms with E-state index in [0.29, 0.717) is 10.6 Å². The van der Waals surface area contributed by atoms with Gasteiger partial charge in [0.2, 0.25) is 0 Å². The highest BCUT2D eigenvalue weighted by Gasteiger charge is 2.23. The van der Waals surface area contributed by atoms with E-state index in [1.165, 1.54) is 19.3 Å². The number of rotatable bonds is 2. The van der Waals surface area contributed by atoms with Crippen LogP contribution in [-0.2, 0) is 6.54 Å². The van der Waals surface area contributed by atoms with Crippen molar-refractivity contribution in [3.8, 4) is 0 Å². The summed E-state index contributed by atoms with van der Waals surface area (Å²) in [4.78, 5) is 10.8. The van der Waals surface area contributed by atoms with E-state index in [1.54, 1.807) is 12.4 Å². The van der Waals surface area contributed by atoms with Gasteiger partial charge in [0.25, 0.3) is 0 Å². The number of aromatic nitrogens is 2. The van der Waals surface area contributed by atoms with E-state index < -0.39 is 0 Å². The molecule has 0 unspecified atom stereocenters. The fraction of sp³-hybridized carbons (Fsp3) is 0.692. The SMILES string of the molecule is CC1(C)CCCN(Cc2cnc(Cl)cn2)CC1. The van der Waals surface area contributed by atoms with Gasteiger partial charge in [-0.15, -0.1) is 0 Å². The summed E-state index contributed by atoms with van der Waals surface area (Å²) in [7, 11) is 0. The van der Waals surface area contributed by atoms with Crippen LogP contribution in [0.1, 0.15) is 38.8 Å². The molecule has 0 amide bonds. The van der Waals surface area contributed by atoms with Gasteiger partial charge in [-0.3, -0.25) is 9.88 Å². The average molecular weight is 254 g/mol. The Morgan fingerprint density at radius 3 is 2.76 bits per heavy atom. The summed E-state index contributed by atoms with van der Waals surface area (Å²) in [5, 5.41) is 0.464. The lowest BCUT2D eigenvalue weighted by Crippen LogP contribution is -2.25. The molecule has 0 spiro atoms. The van der Waals surface area contributed by atoms with Gasteiger partial charge in [0, 0.05) is 6.54 Å². The zero-order valence-corrected chi connectivity index (χ0v) is 11.4. The van der Waals surface area contributed by atoms with Crippen LogP contribution in [0.15, 0.2) is 12.4 Å². The molecule has 2 rings (SSSR count). The molecule has 1 saturated heterocycles. The molecule has 1 aliphatic rings. The maximum absolute atomic E-state index is 5.73. The molecule has 0 N–H and O–H groups in total. The van der Waals surface area contributed by atoms with Gasteiger partial charge < -0.3 is 0 Å². The minimum atomic E-state index is 0.464. The zero-order chi connectivity index (χ0) is 12.3. The van der Waals surface area contributed by atoms with Crippen molar-refractivity contribution in [1.82, 2.24) is 14.9 Å². The van der Waals surface area contributed by atoms with Crippen molar-refractivity contribution in [2.45, 2.75) is 39.7 Å². The van der Waals surface area contributed by atoms with Crippen molar-refractivity contribution in [1.29, 1.82) is 0 Å². The van der Waals surface area contributed by atoms with E-state index in [9.17, 15) is 0 Å². The van der Waals surface area contributed by atoms with E-state index in [-0.39, 0.29) is 0 Å². The Labute approximate surface area is 108 Å². The third-order valence-electron chi connectivity index (χ3n) is 3.49. The highest BCUT2D eigenvalue weighted by Crippen LogP contribution is 2.30. The van der Waals surface area contributed by atoms with Crippen LogP contribution in [0, 0.1) is 5.41 Å². The summed E-state index contributed by atoms with van der Waals surface area (Å²) < 4.78 is 0. The third-order valence-corrected chi connectivity index (χ3v) is 3.69. The molecular weight excluding hydrogens is 234 g/mol. The normalized spacial score (nSPS) is 21.1. The van der Waals surface area contributed by atoms with Gasteiger partial charge in [0.15, 0.2) is 0 Å². The maximum Gasteiger partial charge on any atom is 0.147 e. The van der Waals surface area contributed by atoms with Crippen molar-refractivity contribution < 1.29 is 0 Å². The molecule has 1 aromatic heterocycles. The predicted octanol–water partition coefficient (Wildman–Crippen LogP) is 3.14. The first kappa shape index (κ1) is 12.8. The number of halogens is 1. The molecule has 4 heteroatoms. The van der Waals surface area contributed by atoms with Gasteiger partial charge in [0.1, 0.15) is 5.15 Å². The van der Waals surface area contributed by atoms with Gasteiger partial charge in [-0.05, 0) is 37.8 Å². The van der Waals surface area contributed by atoms with Gasteiger partial charge in [-0.1, -0.05) is 25.4 Å². The number of nitrogens with zero attached hydrogens (tertiary/aromatic N) is 3. The van der Waals surface area contributed by atoms with Crippen molar-refractivity contribution >= 4 is 11.6 Å². The summed E-state index contributed by atoms with van der Waals surface area (Å²) in [5.41, 5.74) is 1.49. The fourth-order valence-electron chi connectivity index (χ4n) is 2.29. The van der Waals surface area contributed by atoms with Crippen LogP contribution >= 0.6 is 11.6 Å². The van der Waals surface area contributed by atoms with Crippen LogP contribution in [0.25, 0.3) is 0 Å². The van der Waals surface area contributed by atoms with E-state index in [2.05, 4.69) is 28.7 Å². The Morgan fingerprint density at radius 1 is 1.24 bits per heavy atom. The molecule has 2 heterocycles. The Kier molecular flexibility index (Phi) is 4.00. The van der Waals surface area contributed by atoms with Gasteiger partial charge in [-0.2, -0.15) is 0 Å². The average Bonchev–Trinajstić information content (AvgIpc) is 2.44. The molecular formula is C13H20ClN3. The molecule has 3 nitrogen and oxygen atoms in total. The summed E-state index contributed by atoms with van der Waals surface area (Å²) in [6, 6.07) is 0. The Balaban J connectivity index is 1.93. The molecule has 17 heavy (non-hydrogen) atoms. The van der Waals surface area contributed by atoms with E-state index in [4.69, 9.17) is 11.6 Å². The molecule has 0 radical (unpaired) electrons. The van der Waals surface area contributed by atoms with Gasteiger partial charge >= 0.3 is 0 Å². The first-order valence-corrected chi connectivity index (χ1v) is 6.62. The topological polar surface area (TPSA) is 29.0 Å². The summed E-state index contributed by atoms with van der Waals surface area (Å²) in [6.45, 7) is 7.92. The van der Waals surface area contributed by atoms with Gasteiger partial charge in [0.05, 0.1) is 18.1 Å². The van der Waals surface area contributed by atoms with Crippen LogP contribution in [0.4, 0.5) is 0 Å². The largest absolute Gasteiger partial charge is 0.297 e. The predicted molar refractivity (Wildman–Crippen MR) is 70.0 cm³/mol. The lowest BCUT2D eigenvalue weighted by Gasteiger charge is -2.23. The molecule has 0 aliphatic carbocycles. The first-order chi connectivity index (χ1) is 8.05. The molecule has 0 saturated carbocycles. The second-order valence-electron chi connectivity index (χ2n) is 5.62. The highest BCUT2D eigenvalue weighted by atomic mass is 35.5. The molecule has 0 bridgehead atoms. The highest BCUT2D eigenvalue weighted by molar-refractivity contribution is 6.29. The Hall–Kier alpha value is -0.670. The maximum atomic E-state index is 5.73. The molecule has 1 aromatic rings. The van der Waals surface area contributed by atoms with Crippen LogP contribution in [0.5, 0.6) is 0 Å². The smallest absolute Gasteiger partial charge is 0.147 e. The van der Waals surface area contributed by atoms with Gasteiger partial charge in [-0.25, -0.2) is 4.98 Å². The minimum absolute atomic E-state index is 0.464. The summed E-state index contributed by atoms with van der Waals surface area (Å²) in [5.74, 6) is 0. The van der Waals surface area contributed by atoms with Crippen LogP contribution < -0.4 is 0 Å². The fourth-order valence-corrected chi connectivity index (χ4v) is 2.38. The molecule has 1 fully saturated rings. The standard InChI is InChI=1S/C13H20ClN3/c1-13(2)4-3-6-17(7-5-13)10-11-8-16-12(14)9-15-11/h8-9H,3-7,10H2,1-2H3. The lowest BCUT2D eigenvalue weighted by molar-refractivity contribution is 0.253. The second kappa shape index (κ2) is 5.32. The molecule has 0 atom stereocenters. The molecule has 1 aliphatic heterocycles. The monoisotopic (exact) mass is 253 g/mol. The van der Waals surface area contributed by atoms with Crippen LogP contribution in [0.3, 0.4) is 0 Å². The number of hydrogen-bond acceptors (Lipinski definition) is 3. The van der Waals surface area contributed by atoms with Crippen LogP contribution in [-0.4, -0.2) is 28.0 Å². The zero-order valence-electron chi connectivity index (χ0n) is 10.6. The third kappa shape index (κ3) is 3.93. The van der Waals surface area contributed by atoms with Crippen molar-refractivity contribution in [3.05, 3.63) is 23.2 Å². The molecule has 0 aromatic carbocycles. The summed E-state index contributed by atoms with van der Waals surface area (Å²) >= 11 is 5.73. The first-order valence-electron chi connectivity index (χ1n) is 6.24. The van der Waals surface area contributed by atoms with Crippen LogP contribution in [0.2, 0.25) is 5.15 Å². The van der Waals surface area contributed by atoms with Crippen molar-refractivity contribution in [2.24, 2.45) is 5.41 Å². The molecule has 94 valence electrons. The number of hydrogen-bond donors (Lipinski definition) is 0. The van der Waals surface area contributed by atoms with E-state index in [0.717, 1.165) is 25.3 Å². The Morgan fingerprint density at radius 2 is 2.06 bits per heavy atom. The van der Waals surface area contributed by atoms with Crippen molar-refractivity contribution in [2.75, 3.05) is 13.1 Å². The van der Waals surface area contributed by atoms with E-state index >= 15 is 0 Å².